The Hall–Kier alpha value is -4.18. The number of hydrazone groups is 1. The highest BCUT2D eigenvalue weighted by atomic mass is 79.9. The second-order valence-corrected chi connectivity index (χ2v) is 13.4. The molecule has 1 amide bonds. The second-order valence-electron chi connectivity index (χ2n) is 10.3. The average Bonchev–Trinajstić information content (AvgIpc) is 3.30. The van der Waals surface area contributed by atoms with Gasteiger partial charge in [-0.3, -0.25) is 9.10 Å². The summed E-state index contributed by atoms with van der Waals surface area (Å²) in [6.45, 7) is 5.90. The van der Waals surface area contributed by atoms with E-state index < -0.39 is 10.0 Å². The molecule has 0 unspecified atom stereocenters. The number of para-hydroxylation sites is 1. The van der Waals surface area contributed by atoms with Crippen molar-refractivity contribution in [2.45, 2.75) is 32.2 Å². The molecular weight excluding hydrogens is 660 g/mol. The van der Waals surface area contributed by atoms with Crippen molar-refractivity contribution < 1.29 is 13.2 Å². The van der Waals surface area contributed by atoms with E-state index in [-0.39, 0.29) is 17.3 Å². The number of halogens is 2. The molecular formula is C34H30BrClN4O3S. The summed E-state index contributed by atoms with van der Waals surface area (Å²) >= 11 is 9.88. The van der Waals surface area contributed by atoms with E-state index in [4.69, 9.17) is 11.6 Å². The van der Waals surface area contributed by atoms with Crippen LogP contribution in [0.25, 0.3) is 5.69 Å². The minimum atomic E-state index is -3.91. The van der Waals surface area contributed by atoms with Gasteiger partial charge in [0.1, 0.15) is 0 Å². The SMILES string of the molecule is Cc1ccc(Cl)cc1N(Cc1ccc(C(=O)N/N=C\c2cc(C)n(-c3ccccc3Br)c2C)cc1)S(=O)(=O)c1ccccc1. The highest BCUT2D eigenvalue weighted by Crippen LogP contribution is 2.31. The third kappa shape index (κ3) is 6.65. The molecule has 10 heteroatoms. The van der Waals surface area contributed by atoms with Gasteiger partial charge in [-0.05, 0) is 102 Å². The summed E-state index contributed by atoms with van der Waals surface area (Å²) in [5, 5.41) is 4.63. The number of rotatable bonds is 9. The second kappa shape index (κ2) is 13.2. The molecule has 1 aromatic heterocycles. The van der Waals surface area contributed by atoms with Crippen molar-refractivity contribution in [3.63, 3.8) is 0 Å². The molecule has 0 saturated carbocycles. The van der Waals surface area contributed by atoms with Crippen molar-refractivity contribution in [2.24, 2.45) is 5.10 Å². The van der Waals surface area contributed by atoms with Gasteiger partial charge in [-0.25, -0.2) is 13.8 Å². The fourth-order valence-corrected chi connectivity index (χ4v) is 7.10. The van der Waals surface area contributed by atoms with Crippen molar-refractivity contribution in [3.05, 3.63) is 146 Å². The number of carbonyl (C=O) groups excluding carboxylic acids is 1. The zero-order chi connectivity index (χ0) is 31.4. The van der Waals surface area contributed by atoms with Crippen LogP contribution in [0.1, 0.15) is 38.4 Å². The molecule has 0 saturated heterocycles. The number of aryl methyl sites for hydroxylation is 2. The van der Waals surface area contributed by atoms with Crippen LogP contribution in [0.2, 0.25) is 5.02 Å². The summed E-state index contributed by atoms with van der Waals surface area (Å²) in [4.78, 5) is 13.1. The van der Waals surface area contributed by atoms with E-state index in [0.29, 0.717) is 21.8 Å². The van der Waals surface area contributed by atoms with Crippen LogP contribution in [0.3, 0.4) is 0 Å². The Morgan fingerprint density at radius 1 is 0.932 bits per heavy atom. The minimum Gasteiger partial charge on any atom is -0.317 e. The number of anilines is 1. The lowest BCUT2D eigenvalue weighted by Gasteiger charge is -2.26. The molecule has 1 heterocycles. The summed E-state index contributed by atoms with van der Waals surface area (Å²) in [6, 6.07) is 30.2. The predicted molar refractivity (Wildman–Crippen MR) is 180 cm³/mol. The van der Waals surface area contributed by atoms with Crippen LogP contribution >= 0.6 is 27.5 Å². The molecule has 5 aromatic rings. The topological polar surface area (TPSA) is 83.8 Å². The maximum atomic E-state index is 13.8. The molecule has 0 aliphatic heterocycles. The minimum absolute atomic E-state index is 0.0472. The van der Waals surface area contributed by atoms with E-state index >= 15 is 0 Å². The molecule has 0 spiro atoms. The number of hydrogen-bond donors (Lipinski definition) is 1. The molecule has 224 valence electrons. The summed E-state index contributed by atoms with van der Waals surface area (Å²) in [6.07, 6.45) is 1.63. The lowest BCUT2D eigenvalue weighted by Crippen LogP contribution is -2.31. The average molecular weight is 690 g/mol. The molecule has 4 aromatic carbocycles. The first-order valence-corrected chi connectivity index (χ1v) is 16.4. The Bertz CT molecular complexity index is 1960. The van der Waals surface area contributed by atoms with Gasteiger partial charge in [0, 0.05) is 32.0 Å². The van der Waals surface area contributed by atoms with Crippen molar-refractivity contribution in [1.29, 1.82) is 0 Å². The number of carbonyl (C=O) groups is 1. The van der Waals surface area contributed by atoms with Gasteiger partial charge in [-0.15, -0.1) is 0 Å². The number of sulfonamides is 1. The monoisotopic (exact) mass is 688 g/mol. The van der Waals surface area contributed by atoms with Crippen LogP contribution in [0.5, 0.6) is 0 Å². The van der Waals surface area contributed by atoms with E-state index in [9.17, 15) is 13.2 Å². The summed E-state index contributed by atoms with van der Waals surface area (Å²) in [7, 11) is -3.91. The largest absolute Gasteiger partial charge is 0.317 e. The zero-order valence-corrected chi connectivity index (χ0v) is 27.5. The molecule has 1 N–H and O–H groups in total. The van der Waals surface area contributed by atoms with Gasteiger partial charge in [-0.1, -0.05) is 60.1 Å². The third-order valence-electron chi connectivity index (χ3n) is 7.25. The Morgan fingerprint density at radius 2 is 1.61 bits per heavy atom. The summed E-state index contributed by atoms with van der Waals surface area (Å²) < 4.78 is 31.9. The molecule has 0 fully saturated rings. The van der Waals surface area contributed by atoms with Crippen LogP contribution in [0.15, 0.2) is 118 Å². The quantitative estimate of drug-likeness (QED) is 0.126. The molecule has 0 atom stereocenters. The number of nitrogens with one attached hydrogen (secondary N) is 1. The number of benzene rings is 4. The fraction of sp³-hybridized carbons (Fsp3) is 0.118. The maximum absolute atomic E-state index is 13.8. The van der Waals surface area contributed by atoms with Gasteiger partial charge in [0.25, 0.3) is 15.9 Å². The number of hydrogen-bond acceptors (Lipinski definition) is 4. The van der Waals surface area contributed by atoms with Gasteiger partial charge in [0.2, 0.25) is 0 Å². The van der Waals surface area contributed by atoms with Crippen LogP contribution in [0.4, 0.5) is 5.69 Å². The van der Waals surface area contributed by atoms with E-state index in [1.807, 2.05) is 51.1 Å². The van der Waals surface area contributed by atoms with E-state index in [2.05, 4.69) is 31.0 Å². The normalized spacial score (nSPS) is 11.6. The van der Waals surface area contributed by atoms with Crippen molar-refractivity contribution >= 4 is 55.4 Å². The van der Waals surface area contributed by atoms with Gasteiger partial charge < -0.3 is 4.57 Å². The first-order valence-electron chi connectivity index (χ1n) is 13.8. The standard InChI is InChI=1S/C34H30BrClN4O3S/c1-23-13-18-29(36)20-33(23)39(44(42,43)30-9-5-4-6-10-30)22-26-14-16-27(17-15-26)34(41)38-37-21-28-19-24(2)40(25(28)3)32-12-8-7-11-31(32)35/h4-21H,22H2,1-3H3,(H,38,41)/b37-21-. The molecule has 7 nitrogen and oxygen atoms in total. The van der Waals surface area contributed by atoms with E-state index in [1.165, 1.54) is 4.31 Å². The van der Waals surface area contributed by atoms with Crippen LogP contribution in [0, 0.1) is 20.8 Å². The van der Waals surface area contributed by atoms with E-state index in [1.54, 1.807) is 79.0 Å². The summed E-state index contributed by atoms with van der Waals surface area (Å²) in [5.41, 5.74) is 8.85. The molecule has 5 rings (SSSR count). The number of amides is 1. The van der Waals surface area contributed by atoms with Crippen molar-refractivity contribution in [1.82, 2.24) is 9.99 Å². The van der Waals surface area contributed by atoms with Crippen LogP contribution in [-0.4, -0.2) is 25.1 Å². The maximum Gasteiger partial charge on any atom is 0.271 e. The van der Waals surface area contributed by atoms with Gasteiger partial charge >= 0.3 is 0 Å². The zero-order valence-electron chi connectivity index (χ0n) is 24.3. The predicted octanol–water partition coefficient (Wildman–Crippen LogP) is 7.98. The number of nitrogens with zero attached hydrogens (tertiary/aromatic N) is 3. The Morgan fingerprint density at radius 3 is 2.32 bits per heavy atom. The van der Waals surface area contributed by atoms with Gasteiger partial charge in [0.05, 0.1) is 29.0 Å². The Labute approximate surface area is 271 Å². The lowest BCUT2D eigenvalue weighted by molar-refractivity contribution is 0.0955. The molecule has 0 aliphatic carbocycles. The Kier molecular flexibility index (Phi) is 9.39. The molecule has 0 radical (unpaired) electrons. The molecule has 0 bridgehead atoms. The smallest absolute Gasteiger partial charge is 0.271 e. The van der Waals surface area contributed by atoms with Crippen molar-refractivity contribution in [3.8, 4) is 5.69 Å². The molecule has 0 aliphatic rings. The highest BCUT2D eigenvalue weighted by molar-refractivity contribution is 9.10. The lowest BCUT2D eigenvalue weighted by atomic mass is 10.1. The van der Waals surface area contributed by atoms with Gasteiger partial charge in [0.15, 0.2) is 0 Å². The highest BCUT2D eigenvalue weighted by Gasteiger charge is 2.26. The first-order chi connectivity index (χ1) is 21.1. The van der Waals surface area contributed by atoms with E-state index in [0.717, 1.165) is 32.7 Å². The third-order valence-corrected chi connectivity index (χ3v) is 9.93. The van der Waals surface area contributed by atoms with Crippen LogP contribution in [-0.2, 0) is 16.6 Å². The van der Waals surface area contributed by atoms with Crippen LogP contribution < -0.4 is 9.73 Å². The van der Waals surface area contributed by atoms with Gasteiger partial charge in [-0.2, -0.15) is 5.10 Å². The van der Waals surface area contributed by atoms with Crippen molar-refractivity contribution in [2.75, 3.05) is 4.31 Å². The molecule has 44 heavy (non-hydrogen) atoms. The fourth-order valence-electron chi connectivity index (χ4n) is 4.95. The first kappa shape index (κ1) is 31.3. The summed E-state index contributed by atoms with van der Waals surface area (Å²) in [5.74, 6) is -0.383. The number of aromatic nitrogens is 1. The Balaban J connectivity index is 1.33.